The SMILES string of the molecule is COc1cc(-c2cnc3ccccc3c2)ccc1OC1CCN(C(=O)C2CC2)CC1. The monoisotopic (exact) mass is 402 g/mol. The molecule has 1 aromatic heterocycles. The van der Waals surface area contributed by atoms with E-state index in [1.807, 2.05) is 41.4 Å². The van der Waals surface area contributed by atoms with Crippen LogP contribution in [0.15, 0.2) is 54.7 Å². The van der Waals surface area contributed by atoms with Gasteiger partial charge in [-0.1, -0.05) is 24.3 Å². The third-order valence-corrected chi connectivity index (χ3v) is 6.06. The molecule has 30 heavy (non-hydrogen) atoms. The highest BCUT2D eigenvalue weighted by atomic mass is 16.5. The predicted molar refractivity (Wildman–Crippen MR) is 117 cm³/mol. The molecule has 1 saturated carbocycles. The average Bonchev–Trinajstić information content (AvgIpc) is 3.64. The maximum atomic E-state index is 12.2. The first-order valence-electron chi connectivity index (χ1n) is 10.7. The van der Waals surface area contributed by atoms with Crippen LogP contribution in [0.1, 0.15) is 25.7 Å². The number of rotatable bonds is 5. The van der Waals surface area contributed by atoms with Crippen molar-refractivity contribution < 1.29 is 14.3 Å². The van der Waals surface area contributed by atoms with E-state index in [0.29, 0.717) is 11.8 Å². The fourth-order valence-electron chi connectivity index (χ4n) is 4.14. The smallest absolute Gasteiger partial charge is 0.225 e. The van der Waals surface area contributed by atoms with Crippen LogP contribution in [0, 0.1) is 5.92 Å². The molecule has 1 aliphatic carbocycles. The quantitative estimate of drug-likeness (QED) is 0.621. The van der Waals surface area contributed by atoms with Crippen LogP contribution in [0.4, 0.5) is 0 Å². The lowest BCUT2D eigenvalue weighted by Crippen LogP contribution is -2.42. The number of likely N-dealkylation sites (tertiary alicyclic amines) is 1. The Bertz CT molecular complexity index is 1070. The molecule has 0 unspecified atom stereocenters. The second kappa shape index (κ2) is 7.98. The van der Waals surface area contributed by atoms with Gasteiger partial charge in [-0.05, 0) is 42.7 Å². The van der Waals surface area contributed by atoms with E-state index in [-0.39, 0.29) is 6.10 Å². The minimum Gasteiger partial charge on any atom is -0.493 e. The number of ether oxygens (including phenoxy) is 2. The number of methoxy groups -OCH3 is 1. The second-order valence-corrected chi connectivity index (χ2v) is 8.20. The van der Waals surface area contributed by atoms with Crippen molar-refractivity contribution in [3.05, 3.63) is 54.7 Å². The molecule has 3 aromatic rings. The van der Waals surface area contributed by atoms with Crippen molar-refractivity contribution in [2.45, 2.75) is 31.8 Å². The average molecular weight is 402 g/mol. The normalized spacial score (nSPS) is 17.2. The van der Waals surface area contributed by atoms with Gasteiger partial charge in [0.2, 0.25) is 5.91 Å². The standard InChI is InChI=1S/C25H26N2O3/c1-29-24-15-18(20-14-19-4-2-3-5-22(19)26-16-20)8-9-23(24)30-21-10-12-27(13-11-21)25(28)17-6-7-17/h2-5,8-9,14-17,21H,6-7,10-13H2,1H3. The Hall–Kier alpha value is -3.08. The number of pyridine rings is 1. The summed E-state index contributed by atoms with van der Waals surface area (Å²) >= 11 is 0. The number of carbonyl (C=O) groups is 1. The molecule has 5 nitrogen and oxygen atoms in total. The summed E-state index contributed by atoms with van der Waals surface area (Å²) in [6.07, 6.45) is 5.84. The first kappa shape index (κ1) is 18.9. The zero-order valence-electron chi connectivity index (χ0n) is 17.2. The van der Waals surface area contributed by atoms with Crippen LogP contribution in [0.25, 0.3) is 22.0 Å². The van der Waals surface area contributed by atoms with Gasteiger partial charge in [-0.15, -0.1) is 0 Å². The highest BCUT2D eigenvalue weighted by molar-refractivity contribution is 5.84. The van der Waals surface area contributed by atoms with Crippen LogP contribution in [0.5, 0.6) is 11.5 Å². The Morgan fingerprint density at radius 3 is 2.53 bits per heavy atom. The molecule has 0 N–H and O–H groups in total. The number of hydrogen-bond donors (Lipinski definition) is 0. The molecular weight excluding hydrogens is 376 g/mol. The minimum absolute atomic E-state index is 0.107. The zero-order chi connectivity index (χ0) is 20.5. The lowest BCUT2D eigenvalue weighted by Gasteiger charge is -2.32. The molecular formula is C25H26N2O3. The molecule has 0 radical (unpaired) electrons. The van der Waals surface area contributed by atoms with Crippen molar-refractivity contribution in [2.24, 2.45) is 5.92 Å². The van der Waals surface area contributed by atoms with Gasteiger partial charge >= 0.3 is 0 Å². The minimum atomic E-state index is 0.107. The molecule has 2 fully saturated rings. The van der Waals surface area contributed by atoms with Gasteiger partial charge < -0.3 is 14.4 Å². The van der Waals surface area contributed by atoms with Crippen molar-refractivity contribution >= 4 is 16.8 Å². The van der Waals surface area contributed by atoms with Crippen LogP contribution in [-0.4, -0.2) is 42.1 Å². The number of aromatic nitrogens is 1. The fraction of sp³-hybridized carbons (Fsp3) is 0.360. The van der Waals surface area contributed by atoms with Crippen LogP contribution in [-0.2, 0) is 4.79 Å². The lowest BCUT2D eigenvalue weighted by molar-refractivity contribution is -0.134. The van der Waals surface area contributed by atoms with E-state index in [0.717, 1.165) is 72.3 Å². The van der Waals surface area contributed by atoms with Gasteiger partial charge in [0.15, 0.2) is 11.5 Å². The summed E-state index contributed by atoms with van der Waals surface area (Å²) in [6.45, 7) is 1.56. The summed E-state index contributed by atoms with van der Waals surface area (Å²) in [4.78, 5) is 18.8. The van der Waals surface area contributed by atoms with E-state index >= 15 is 0 Å². The van der Waals surface area contributed by atoms with Gasteiger partial charge in [0, 0.05) is 49.0 Å². The molecule has 0 spiro atoms. The van der Waals surface area contributed by atoms with Crippen molar-refractivity contribution in [3.8, 4) is 22.6 Å². The predicted octanol–water partition coefficient (Wildman–Crippen LogP) is 4.69. The molecule has 154 valence electrons. The molecule has 1 amide bonds. The summed E-state index contributed by atoms with van der Waals surface area (Å²) < 4.78 is 11.9. The van der Waals surface area contributed by atoms with Crippen molar-refractivity contribution in [3.63, 3.8) is 0 Å². The number of amides is 1. The summed E-state index contributed by atoms with van der Waals surface area (Å²) in [5.74, 6) is 2.10. The maximum absolute atomic E-state index is 12.2. The van der Waals surface area contributed by atoms with Gasteiger partial charge in [-0.3, -0.25) is 9.78 Å². The molecule has 5 heteroatoms. The largest absolute Gasteiger partial charge is 0.493 e. The lowest BCUT2D eigenvalue weighted by atomic mass is 10.0. The Morgan fingerprint density at radius 1 is 0.967 bits per heavy atom. The molecule has 1 saturated heterocycles. The number of benzene rings is 2. The first-order chi connectivity index (χ1) is 14.7. The van der Waals surface area contributed by atoms with E-state index < -0.39 is 0 Å². The number of fused-ring (bicyclic) bond motifs is 1. The van der Waals surface area contributed by atoms with Crippen LogP contribution in [0.2, 0.25) is 0 Å². The fourth-order valence-corrected chi connectivity index (χ4v) is 4.14. The first-order valence-corrected chi connectivity index (χ1v) is 10.7. The Balaban J connectivity index is 1.29. The van der Waals surface area contributed by atoms with E-state index in [2.05, 4.69) is 23.2 Å². The number of piperidine rings is 1. The Morgan fingerprint density at radius 2 is 1.77 bits per heavy atom. The van der Waals surface area contributed by atoms with Gasteiger partial charge in [-0.2, -0.15) is 0 Å². The Kier molecular flexibility index (Phi) is 5.03. The summed E-state index contributed by atoms with van der Waals surface area (Å²) in [5.41, 5.74) is 3.08. The van der Waals surface area contributed by atoms with E-state index in [4.69, 9.17) is 9.47 Å². The van der Waals surface area contributed by atoms with E-state index in [1.54, 1.807) is 7.11 Å². The highest BCUT2D eigenvalue weighted by Crippen LogP contribution is 2.36. The molecule has 0 atom stereocenters. The van der Waals surface area contributed by atoms with E-state index in [9.17, 15) is 4.79 Å². The Labute approximate surface area is 176 Å². The summed E-state index contributed by atoms with van der Waals surface area (Å²) in [5, 5.41) is 1.11. The number of nitrogens with zero attached hydrogens (tertiary/aromatic N) is 2. The van der Waals surface area contributed by atoms with Crippen molar-refractivity contribution in [1.29, 1.82) is 0 Å². The topological polar surface area (TPSA) is 51.7 Å². The van der Waals surface area contributed by atoms with Crippen LogP contribution in [0.3, 0.4) is 0 Å². The van der Waals surface area contributed by atoms with Gasteiger partial charge in [0.05, 0.1) is 12.6 Å². The summed E-state index contributed by atoms with van der Waals surface area (Å²) in [6, 6.07) is 16.3. The number of hydrogen-bond acceptors (Lipinski definition) is 4. The molecule has 1 aliphatic heterocycles. The van der Waals surface area contributed by atoms with Crippen molar-refractivity contribution in [2.75, 3.05) is 20.2 Å². The molecule has 5 rings (SSSR count). The van der Waals surface area contributed by atoms with Gasteiger partial charge in [0.1, 0.15) is 6.10 Å². The third-order valence-electron chi connectivity index (χ3n) is 6.06. The van der Waals surface area contributed by atoms with Crippen LogP contribution < -0.4 is 9.47 Å². The number of para-hydroxylation sites is 1. The van der Waals surface area contributed by atoms with Gasteiger partial charge in [0.25, 0.3) is 0 Å². The number of carbonyl (C=O) groups excluding carboxylic acids is 1. The molecule has 2 aromatic carbocycles. The second-order valence-electron chi connectivity index (χ2n) is 8.20. The molecule has 2 heterocycles. The van der Waals surface area contributed by atoms with E-state index in [1.165, 1.54) is 0 Å². The zero-order valence-corrected chi connectivity index (χ0v) is 17.2. The highest BCUT2D eigenvalue weighted by Gasteiger charge is 2.35. The third kappa shape index (κ3) is 3.84. The molecule has 0 bridgehead atoms. The molecule has 2 aliphatic rings. The maximum Gasteiger partial charge on any atom is 0.225 e. The van der Waals surface area contributed by atoms with Crippen LogP contribution >= 0.6 is 0 Å². The van der Waals surface area contributed by atoms with Crippen molar-refractivity contribution in [1.82, 2.24) is 9.88 Å². The summed E-state index contributed by atoms with van der Waals surface area (Å²) in [7, 11) is 1.67. The van der Waals surface area contributed by atoms with Gasteiger partial charge in [-0.25, -0.2) is 0 Å².